The molecule has 0 bridgehead atoms. The number of nitrogens with one attached hydrogen (secondary N) is 1. The predicted molar refractivity (Wildman–Crippen MR) is 116 cm³/mol. The van der Waals surface area contributed by atoms with Gasteiger partial charge >= 0.3 is 0 Å². The minimum atomic E-state index is 0.0734. The fourth-order valence-electron chi connectivity index (χ4n) is 4.03. The van der Waals surface area contributed by atoms with Crippen LogP contribution < -0.4 is 5.32 Å². The van der Waals surface area contributed by atoms with E-state index < -0.39 is 0 Å². The molecule has 1 heterocycles. The van der Waals surface area contributed by atoms with Crippen LogP contribution in [-0.4, -0.2) is 36.1 Å². The van der Waals surface area contributed by atoms with Crippen LogP contribution in [0.15, 0.2) is 18.2 Å². The molecule has 150 valence electrons. The normalized spacial score (nSPS) is 16.3. The van der Waals surface area contributed by atoms with Gasteiger partial charge in [-0.15, -0.1) is 0 Å². The molecule has 1 aromatic rings. The third kappa shape index (κ3) is 6.12. The summed E-state index contributed by atoms with van der Waals surface area (Å²) in [5.74, 6) is 0.198. The zero-order valence-electron chi connectivity index (χ0n) is 18.6. The number of likely N-dealkylation sites (N-methyl/N-ethyl adjacent to an activating group) is 1. The molecule has 1 aliphatic heterocycles. The lowest BCUT2D eigenvalue weighted by atomic mass is 10.00. The Morgan fingerprint density at radius 3 is 1.92 bits per heavy atom. The second-order valence-electron chi connectivity index (χ2n) is 6.72. The maximum absolute atomic E-state index is 13.0. The van der Waals surface area contributed by atoms with E-state index >= 15 is 0 Å². The number of carbonyl (C=O) groups excluding carboxylic acids is 1. The number of para-hydroxylation sites is 1. The summed E-state index contributed by atoms with van der Waals surface area (Å²) >= 11 is 0. The van der Waals surface area contributed by atoms with E-state index in [9.17, 15) is 4.79 Å². The van der Waals surface area contributed by atoms with Gasteiger partial charge in [-0.05, 0) is 51.2 Å². The van der Waals surface area contributed by atoms with Crippen LogP contribution in [0.3, 0.4) is 0 Å². The van der Waals surface area contributed by atoms with Gasteiger partial charge in [0.25, 0.3) is 5.91 Å². The highest BCUT2D eigenvalue weighted by Gasteiger charge is 2.40. The minimum Gasteiger partial charge on any atom is -0.320 e. The summed E-state index contributed by atoms with van der Waals surface area (Å²) in [4.78, 5) is 13.0. The van der Waals surface area contributed by atoms with Crippen molar-refractivity contribution in [2.45, 2.75) is 87.1 Å². The van der Waals surface area contributed by atoms with Gasteiger partial charge in [-0.25, -0.2) is 0 Å². The van der Waals surface area contributed by atoms with Crippen molar-refractivity contribution in [3.8, 4) is 0 Å². The summed E-state index contributed by atoms with van der Waals surface area (Å²) in [6.45, 7) is 19.9. The molecule has 3 nitrogen and oxygen atoms in total. The van der Waals surface area contributed by atoms with E-state index in [1.54, 1.807) is 0 Å². The number of hydrogen-bond donors (Lipinski definition) is 1. The lowest BCUT2D eigenvalue weighted by Crippen LogP contribution is -2.61. The van der Waals surface area contributed by atoms with Gasteiger partial charge in [0.15, 0.2) is 6.04 Å². The Labute approximate surface area is 162 Å². The number of hydrogen-bond acceptors (Lipinski definition) is 1. The number of aryl methyl sites for hydroxylation is 2. The monoisotopic (exact) mass is 363 g/mol. The molecule has 1 saturated heterocycles. The SMILES string of the molecule is CC.CC.CCC(C(=O)Nc1c(C)cccc1C)[N+]1(CC)CCCCC1. The number of piperidine rings is 1. The molecular weight excluding hydrogens is 320 g/mol. The largest absolute Gasteiger partial charge is 0.320 e. The molecule has 0 aromatic heterocycles. The number of anilines is 1. The molecule has 0 spiro atoms. The Hall–Kier alpha value is -1.35. The van der Waals surface area contributed by atoms with Crippen molar-refractivity contribution in [2.24, 2.45) is 0 Å². The lowest BCUT2D eigenvalue weighted by Gasteiger charge is -2.45. The van der Waals surface area contributed by atoms with Crippen LogP contribution in [0.2, 0.25) is 0 Å². The van der Waals surface area contributed by atoms with Crippen molar-refractivity contribution in [3.05, 3.63) is 29.3 Å². The molecule has 1 amide bonds. The predicted octanol–water partition coefficient (Wildman–Crippen LogP) is 6.09. The highest BCUT2D eigenvalue weighted by molar-refractivity contribution is 5.95. The fourth-order valence-corrected chi connectivity index (χ4v) is 4.03. The Kier molecular flexibility index (Phi) is 12.2. The first-order chi connectivity index (χ1) is 12.5. The standard InChI is InChI=1S/C19H30N2O.2C2H6/c1-5-17(21(6-2)13-8-7-9-14-21)19(22)20-18-15(3)11-10-12-16(18)4;2*1-2/h10-12,17H,5-9,13-14H2,1-4H3;2*1-2H3/p+1. The van der Waals surface area contributed by atoms with Crippen molar-refractivity contribution in [1.82, 2.24) is 0 Å². The maximum Gasteiger partial charge on any atom is 0.282 e. The van der Waals surface area contributed by atoms with E-state index in [1.165, 1.54) is 19.3 Å². The fraction of sp³-hybridized carbons (Fsp3) is 0.696. The molecule has 1 N–H and O–H groups in total. The van der Waals surface area contributed by atoms with Crippen LogP contribution in [-0.2, 0) is 4.79 Å². The zero-order chi connectivity index (χ0) is 20.2. The lowest BCUT2D eigenvalue weighted by molar-refractivity contribution is -0.945. The first-order valence-electron chi connectivity index (χ1n) is 10.8. The highest BCUT2D eigenvalue weighted by Crippen LogP contribution is 2.27. The maximum atomic E-state index is 13.0. The van der Waals surface area contributed by atoms with Crippen LogP contribution in [0.25, 0.3) is 0 Å². The van der Waals surface area contributed by atoms with Crippen LogP contribution in [0, 0.1) is 13.8 Å². The smallest absolute Gasteiger partial charge is 0.282 e. The molecule has 1 aromatic carbocycles. The summed E-state index contributed by atoms with van der Waals surface area (Å²) in [6.07, 6.45) is 4.72. The zero-order valence-corrected chi connectivity index (χ0v) is 18.6. The Morgan fingerprint density at radius 1 is 1.00 bits per heavy atom. The average molecular weight is 364 g/mol. The quantitative estimate of drug-likeness (QED) is 0.630. The topological polar surface area (TPSA) is 29.1 Å². The van der Waals surface area contributed by atoms with Crippen LogP contribution >= 0.6 is 0 Å². The number of amides is 1. The second-order valence-corrected chi connectivity index (χ2v) is 6.72. The highest BCUT2D eigenvalue weighted by atomic mass is 16.2. The molecular formula is C23H43N2O+. The van der Waals surface area contributed by atoms with Gasteiger partial charge in [-0.2, -0.15) is 0 Å². The number of benzene rings is 1. The van der Waals surface area contributed by atoms with E-state index in [0.29, 0.717) is 0 Å². The van der Waals surface area contributed by atoms with Gasteiger partial charge < -0.3 is 9.80 Å². The van der Waals surface area contributed by atoms with Crippen molar-refractivity contribution in [1.29, 1.82) is 0 Å². The molecule has 1 atom stereocenters. The van der Waals surface area contributed by atoms with Crippen LogP contribution in [0.1, 0.15) is 78.4 Å². The van der Waals surface area contributed by atoms with E-state index in [1.807, 2.05) is 33.8 Å². The first-order valence-corrected chi connectivity index (χ1v) is 10.8. The summed E-state index contributed by atoms with van der Waals surface area (Å²) in [7, 11) is 0. The Bertz CT molecular complexity index is 499. The van der Waals surface area contributed by atoms with Crippen molar-refractivity contribution in [2.75, 3.05) is 25.0 Å². The molecule has 1 aliphatic rings. The minimum absolute atomic E-state index is 0.0734. The molecule has 0 saturated carbocycles. The second kappa shape index (κ2) is 12.9. The van der Waals surface area contributed by atoms with E-state index in [2.05, 4.69) is 45.1 Å². The number of nitrogens with zero attached hydrogens (tertiary/aromatic N) is 1. The van der Waals surface area contributed by atoms with Crippen LogP contribution in [0.5, 0.6) is 0 Å². The van der Waals surface area contributed by atoms with Crippen molar-refractivity contribution >= 4 is 11.6 Å². The van der Waals surface area contributed by atoms with Crippen molar-refractivity contribution < 1.29 is 9.28 Å². The molecule has 26 heavy (non-hydrogen) atoms. The van der Waals surface area contributed by atoms with Gasteiger partial charge in [0.05, 0.1) is 19.6 Å². The van der Waals surface area contributed by atoms with Gasteiger partial charge in [0, 0.05) is 12.1 Å². The summed E-state index contributed by atoms with van der Waals surface area (Å²) in [5.41, 5.74) is 3.28. The number of likely N-dealkylation sites (tertiary alicyclic amines) is 1. The summed E-state index contributed by atoms with van der Waals surface area (Å²) in [6, 6.07) is 6.25. The number of rotatable bonds is 5. The first kappa shape index (κ1) is 24.7. The number of carbonyl (C=O) groups is 1. The van der Waals surface area contributed by atoms with E-state index in [0.717, 1.165) is 47.4 Å². The van der Waals surface area contributed by atoms with E-state index in [-0.39, 0.29) is 11.9 Å². The van der Waals surface area contributed by atoms with Gasteiger partial charge in [0.2, 0.25) is 0 Å². The van der Waals surface area contributed by atoms with E-state index in [4.69, 9.17) is 0 Å². The summed E-state index contributed by atoms with van der Waals surface area (Å²) < 4.78 is 0.966. The third-order valence-corrected chi connectivity index (χ3v) is 5.42. The third-order valence-electron chi connectivity index (χ3n) is 5.42. The Balaban J connectivity index is 0.00000146. The van der Waals surface area contributed by atoms with Gasteiger partial charge in [-0.3, -0.25) is 4.79 Å². The van der Waals surface area contributed by atoms with Gasteiger partial charge in [-0.1, -0.05) is 52.8 Å². The molecule has 2 rings (SSSR count). The molecule has 0 radical (unpaired) electrons. The van der Waals surface area contributed by atoms with Crippen molar-refractivity contribution in [3.63, 3.8) is 0 Å². The Morgan fingerprint density at radius 2 is 1.50 bits per heavy atom. The summed E-state index contributed by atoms with van der Waals surface area (Å²) in [5, 5.41) is 3.23. The molecule has 1 unspecified atom stereocenters. The molecule has 3 heteroatoms. The molecule has 1 fully saturated rings. The molecule has 0 aliphatic carbocycles. The number of quaternary nitrogens is 1. The van der Waals surface area contributed by atoms with Gasteiger partial charge in [0.1, 0.15) is 0 Å². The van der Waals surface area contributed by atoms with Crippen LogP contribution in [0.4, 0.5) is 5.69 Å². The average Bonchev–Trinajstić information content (AvgIpc) is 2.69.